The summed E-state index contributed by atoms with van der Waals surface area (Å²) in [5, 5.41) is 0. The van der Waals surface area contributed by atoms with Crippen LogP contribution < -0.4 is 10.5 Å². The van der Waals surface area contributed by atoms with Gasteiger partial charge in [0.2, 0.25) is 0 Å². The molecule has 0 radical (unpaired) electrons. The van der Waals surface area contributed by atoms with Crippen molar-refractivity contribution in [1.29, 1.82) is 0 Å². The fourth-order valence-electron chi connectivity index (χ4n) is 1.71. The molecule has 0 amide bonds. The molecule has 2 aromatic rings. The number of rotatable bonds is 5. The second kappa shape index (κ2) is 6.17. The van der Waals surface area contributed by atoms with Crippen molar-refractivity contribution in [2.45, 2.75) is 13.0 Å². The van der Waals surface area contributed by atoms with Gasteiger partial charge >= 0.3 is 0 Å². The Morgan fingerprint density at radius 1 is 1.06 bits per heavy atom. The van der Waals surface area contributed by atoms with Gasteiger partial charge in [-0.25, -0.2) is 4.39 Å². The quantitative estimate of drug-likeness (QED) is 0.879. The lowest BCUT2D eigenvalue weighted by Gasteiger charge is -2.07. The largest absolute Gasteiger partial charge is 0.493 e. The van der Waals surface area contributed by atoms with Crippen LogP contribution in [0.2, 0.25) is 0 Å². The average Bonchev–Trinajstić information content (AvgIpc) is 2.40. The van der Waals surface area contributed by atoms with E-state index in [0.29, 0.717) is 17.9 Å². The van der Waals surface area contributed by atoms with Crippen LogP contribution in [-0.2, 0) is 13.0 Å². The van der Waals surface area contributed by atoms with Gasteiger partial charge in [0.25, 0.3) is 0 Å². The van der Waals surface area contributed by atoms with Crippen molar-refractivity contribution in [3.63, 3.8) is 0 Å². The van der Waals surface area contributed by atoms with Crippen molar-refractivity contribution in [3.05, 3.63) is 65.5 Å². The first kappa shape index (κ1) is 12.6. The predicted octanol–water partition coefficient (Wildman–Crippen LogP) is 2.91. The Labute approximate surface area is 106 Å². The van der Waals surface area contributed by atoms with E-state index in [1.807, 2.05) is 30.3 Å². The molecule has 0 aromatic heterocycles. The SMILES string of the molecule is NCc1ccc(OCCc2ccccc2)cc1F. The summed E-state index contributed by atoms with van der Waals surface area (Å²) in [6.45, 7) is 0.738. The molecule has 0 spiro atoms. The summed E-state index contributed by atoms with van der Waals surface area (Å²) in [5.74, 6) is 0.232. The zero-order valence-electron chi connectivity index (χ0n) is 10.1. The van der Waals surface area contributed by atoms with Gasteiger partial charge in [-0.1, -0.05) is 36.4 Å². The van der Waals surface area contributed by atoms with Crippen LogP contribution in [0.3, 0.4) is 0 Å². The van der Waals surface area contributed by atoms with E-state index < -0.39 is 0 Å². The van der Waals surface area contributed by atoms with Gasteiger partial charge in [-0.05, 0) is 11.6 Å². The van der Waals surface area contributed by atoms with Gasteiger partial charge in [0, 0.05) is 24.6 Å². The summed E-state index contributed by atoms with van der Waals surface area (Å²) in [6.07, 6.45) is 0.807. The topological polar surface area (TPSA) is 35.2 Å². The highest BCUT2D eigenvalue weighted by molar-refractivity contribution is 5.29. The Bertz CT molecular complexity index is 499. The van der Waals surface area contributed by atoms with Gasteiger partial charge in [-0.15, -0.1) is 0 Å². The monoisotopic (exact) mass is 245 g/mol. The van der Waals surface area contributed by atoms with E-state index in [1.165, 1.54) is 11.6 Å². The van der Waals surface area contributed by atoms with Crippen LogP contribution in [0, 0.1) is 5.82 Å². The van der Waals surface area contributed by atoms with Gasteiger partial charge in [-0.3, -0.25) is 0 Å². The summed E-state index contributed by atoms with van der Waals surface area (Å²) < 4.78 is 19.0. The number of ether oxygens (including phenoxy) is 1. The third-order valence-corrected chi connectivity index (χ3v) is 2.75. The summed E-state index contributed by atoms with van der Waals surface area (Å²) >= 11 is 0. The van der Waals surface area contributed by atoms with Crippen LogP contribution in [0.1, 0.15) is 11.1 Å². The molecule has 2 nitrogen and oxygen atoms in total. The van der Waals surface area contributed by atoms with Gasteiger partial charge in [0.1, 0.15) is 11.6 Å². The van der Waals surface area contributed by atoms with Gasteiger partial charge in [-0.2, -0.15) is 0 Å². The maximum Gasteiger partial charge on any atom is 0.131 e. The Hall–Kier alpha value is -1.87. The first-order valence-electron chi connectivity index (χ1n) is 5.95. The molecule has 2 N–H and O–H groups in total. The van der Waals surface area contributed by atoms with Crippen LogP contribution >= 0.6 is 0 Å². The second-order valence-corrected chi connectivity index (χ2v) is 4.04. The molecule has 0 aliphatic rings. The van der Waals surface area contributed by atoms with Crippen LogP contribution in [0.5, 0.6) is 5.75 Å². The summed E-state index contributed by atoms with van der Waals surface area (Å²) in [6, 6.07) is 14.8. The molecular weight excluding hydrogens is 229 g/mol. The lowest BCUT2D eigenvalue weighted by molar-refractivity contribution is 0.320. The normalized spacial score (nSPS) is 10.3. The van der Waals surface area contributed by atoms with Crippen molar-refractivity contribution in [1.82, 2.24) is 0 Å². The third-order valence-electron chi connectivity index (χ3n) is 2.75. The second-order valence-electron chi connectivity index (χ2n) is 4.04. The molecule has 0 atom stereocenters. The van der Waals surface area contributed by atoms with Gasteiger partial charge in [0.05, 0.1) is 6.61 Å². The first-order chi connectivity index (χ1) is 8.79. The number of nitrogens with two attached hydrogens (primary N) is 1. The van der Waals surface area contributed by atoms with E-state index in [1.54, 1.807) is 12.1 Å². The van der Waals surface area contributed by atoms with E-state index in [2.05, 4.69) is 0 Å². The number of hydrogen-bond donors (Lipinski definition) is 1. The molecule has 3 heteroatoms. The molecule has 0 heterocycles. The molecule has 0 unspecified atom stereocenters. The lowest BCUT2D eigenvalue weighted by Crippen LogP contribution is -2.03. The molecule has 0 saturated heterocycles. The molecule has 0 bridgehead atoms. The number of halogens is 1. The zero-order valence-corrected chi connectivity index (χ0v) is 10.1. The van der Waals surface area contributed by atoms with Crippen LogP contribution in [0.25, 0.3) is 0 Å². The lowest BCUT2D eigenvalue weighted by atomic mass is 10.2. The minimum absolute atomic E-state index is 0.204. The Morgan fingerprint density at radius 3 is 2.50 bits per heavy atom. The minimum atomic E-state index is -0.310. The van der Waals surface area contributed by atoms with Crippen molar-refractivity contribution >= 4 is 0 Å². The maximum atomic E-state index is 13.4. The van der Waals surface area contributed by atoms with Crippen molar-refractivity contribution in [2.24, 2.45) is 5.73 Å². The Morgan fingerprint density at radius 2 is 1.83 bits per heavy atom. The standard InChI is InChI=1S/C15H16FNO/c16-15-10-14(7-6-13(15)11-17)18-9-8-12-4-2-1-3-5-12/h1-7,10H,8-9,11,17H2. The summed E-state index contributed by atoms with van der Waals surface area (Å²) in [5.41, 5.74) is 7.11. The highest BCUT2D eigenvalue weighted by Crippen LogP contribution is 2.16. The van der Waals surface area contributed by atoms with Gasteiger partial charge < -0.3 is 10.5 Å². The molecule has 18 heavy (non-hydrogen) atoms. The van der Waals surface area contributed by atoms with E-state index in [4.69, 9.17) is 10.5 Å². The molecule has 94 valence electrons. The smallest absolute Gasteiger partial charge is 0.131 e. The van der Waals surface area contributed by atoms with Crippen LogP contribution in [0.4, 0.5) is 4.39 Å². The summed E-state index contributed by atoms with van der Waals surface area (Å²) in [7, 11) is 0. The van der Waals surface area contributed by atoms with E-state index >= 15 is 0 Å². The Balaban J connectivity index is 1.89. The predicted molar refractivity (Wildman–Crippen MR) is 69.9 cm³/mol. The molecule has 0 aliphatic heterocycles. The van der Waals surface area contributed by atoms with E-state index in [9.17, 15) is 4.39 Å². The van der Waals surface area contributed by atoms with Gasteiger partial charge in [0.15, 0.2) is 0 Å². The molecule has 0 aliphatic carbocycles. The van der Waals surface area contributed by atoms with Crippen LogP contribution in [-0.4, -0.2) is 6.61 Å². The summed E-state index contributed by atoms with van der Waals surface area (Å²) in [4.78, 5) is 0. The molecule has 0 saturated carbocycles. The van der Waals surface area contributed by atoms with Crippen molar-refractivity contribution < 1.29 is 9.13 Å². The zero-order chi connectivity index (χ0) is 12.8. The fourth-order valence-corrected chi connectivity index (χ4v) is 1.71. The van der Waals surface area contributed by atoms with E-state index in [-0.39, 0.29) is 12.4 Å². The first-order valence-corrected chi connectivity index (χ1v) is 5.95. The van der Waals surface area contributed by atoms with E-state index in [0.717, 1.165) is 6.42 Å². The van der Waals surface area contributed by atoms with Crippen molar-refractivity contribution in [3.8, 4) is 5.75 Å². The fraction of sp³-hybridized carbons (Fsp3) is 0.200. The Kier molecular flexibility index (Phi) is 4.31. The van der Waals surface area contributed by atoms with Crippen molar-refractivity contribution in [2.75, 3.05) is 6.61 Å². The highest BCUT2D eigenvalue weighted by Gasteiger charge is 2.02. The molecular formula is C15H16FNO. The molecule has 2 rings (SSSR count). The molecule has 2 aromatic carbocycles. The average molecular weight is 245 g/mol. The minimum Gasteiger partial charge on any atom is -0.493 e. The van der Waals surface area contributed by atoms with Crippen LogP contribution in [0.15, 0.2) is 48.5 Å². The number of hydrogen-bond acceptors (Lipinski definition) is 2. The highest BCUT2D eigenvalue weighted by atomic mass is 19.1. The number of benzene rings is 2. The third kappa shape index (κ3) is 3.31. The maximum absolute atomic E-state index is 13.4. The molecule has 0 fully saturated rings.